The monoisotopic (exact) mass is 290 g/mol. The van der Waals surface area contributed by atoms with Crippen molar-refractivity contribution in [1.29, 1.82) is 0 Å². The molecule has 0 fully saturated rings. The van der Waals surface area contributed by atoms with Crippen LogP contribution in [0.2, 0.25) is 5.28 Å². The number of nitrogens with one attached hydrogen (secondary N) is 1. The third-order valence-electron chi connectivity index (χ3n) is 2.13. The SMILES string of the molecule is COCCOCCCNc1nc(Cl)ncc1[N+](=O)[O-]. The molecule has 0 aliphatic rings. The van der Waals surface area contributed by atoms with E-state index in [0.29, 0.717) is 32.8 Å². The van der Waals surface area contributed by atoms with Crippen molar-refractivity contribution >= 4 is 23.1 Å². The van der Waals surface area contributed by atoms with Crippen LogP contribution in [0.25, 0.3) is 0 Å². The number of methoxy groups -OCH3 is 1. The second-order valence-corrected chi connectivity index (χ2v) is 3.85. The summed E-state index contributed by atoms with van der Waals surface area (Å²) in [5, 5.41) is 13.5. The molecule has 0 bridgehead atoms. The number of rotatable bonds is 9. The van der Waals surface area contributed by atoms with E-state index in [0.717, 1.165) is 6.20 Å². The van der Waals surface area contributed by atoms with E-state index >= 15 is 0 Å². The molecule has 1 aromatic heterocycles. The summed E-state index contributed by atoms with van der Waals surface area (Å²) in [6.45, 7) is 2.08. The smallest absolute Gasteiger partial charge is 0.329 e. The molecule has 0 aliphatic carbocycles. The molecule has 0 aliphatic heterocycles. The Balaban J connectivity index is 2.36. The highest BCUT2D eigenvalue weighted by atomic mass is 35.5. The fourth-order valence-electron chi connectivity index (χ4n) is 1.24. The number of hydrogen-bond donors (Lipinski definition) is 1. The average Bonchev–Trinajstić information content (AvgIpc) is 2.37. The first-order valence-corrected chi connectivity index (χ1v) is 6.00. The highest BCUT2D eigenvalue weighted by Gasteiger charge is 2.16. The van der Waals surface area contributed by atoms with Crippen molar-refractivity contribution in [2.75, 3.05) is 38.8 Å². The Morgan fingerprint density at radius 3 is 2.95 bits per heavy atom. The van der Waals surface area contributed by atoms with Gasteiger partial charge in [0.05, 0.1) is 18.1 Å². The molecule has 9 heteroatoms. The van der Waals surface area contributed by atoms with Gasteiger partial charge >= 0.3 is 5.69 Å². The Morgan fingerprint density at radius 2 is 2.26 bits per heavy atom. The molecule has 106 valence electrons. The zero-order valence-corrected chi connectivity index (χ0v) is 11.2. The van der Waals surface area contributed by atoms with Gasteiger partial charge in [-0.25, -0.2) is 4.98 Å². The first-order chi connectivity index (χ1) is 9.15. The molecule has 8 nitrogen and oxygen atoms in total. The molecule has 0 unspecified atom stereocenters. The largest absolute Gasteiger partial charge is 0.382 e. The van der Waals surface area contributed by atoms with Crippen molar-refractivity contribution in [3.05, 3.63) is 21.6 Å². The fraction of sp³-hybridized carbons (Fsp3) is 0.600. The molecule has 0 aromatic carbocycles. The molecule has 1 heterocycles. The lowest BCUT2D eigenvalue weighted by Gasteiger charge is -2.06. The maximum absolute atomic E-state index is 10.7. The van der Waals surface area contributed by atoms with Crippen LogP contribution in [0.3, 0.4) is 0 Å². The summed E-state index contributed by atoms with van der Waals surface area (Å²) in [7, 11) is 1.60. The van der Waals surface area contributed by atoms with Crippen molar-refractivity contribution in [2.45, 2.75) is 6.42 Å². The maximum Gasteiger partial charge on any atom is 0.329 e. The van der Waals surface area contributed by atoms with E-state index < -0.39 is 4.92 Å². The summed E-state index contributed by atoms with van der Waals surface area (Å²) in [6, 6.07) is 0. The van der Waals surface area contributed by atoms with Crippen LogP contribution in [0.15, 0.2) is 6.20 Å². The molecule has 19 heavy (non-hydrogen) atoms. The van der Waals surface area contributed by atoms with E-state index in [-0.39, 0.29) is 16.8 Å². The molecule has 1 rings (SSSR count). The van der Waals surface area contributed by atoms with Crippen LogP contribution in [-0.4, -0.2) is 48.4 Å². The molecule has 0 amide bonds. The summed E-state index contributed by atoms with van der Waals surface area (Å²) in [5.41, 5.74) is -0.204. The van der Waals surface area contributed by atoms with E-state index in [1.54, 1.807) is 7.11 Å². The van der Waals surface area contributed by atoms with Crippen molar-refractivity contribution in [2.24, 2.45) is 0 Å². The second kappa shape index (κ2) is 8.57. The predicted molar refractivity (Wildman–Crippen MR) is 69.5 cm³/mol. The van der Waals surface area contributed by atoms with Crippen LogP contribution < -0.4 is 5.32 Å². The Morgan fingerprint density at radius 1 is 1.47 bits per heavy atom. The van der Waals surface area contributed by atoms with Gasteiger partial charge in [0.2, 0.25) is 11.1 Å². The lowest BCUT2D eigenvalue weighted by molar-refractivity contribution is -0.384. The number of anilines is 1. The second-order valence-electron chi connectivity index (χ2n) is 3.52. The third kappa shape index (κ3) is 5.77. The number of nitro groups is 1. The minimum atomic E-state index is -0.562. The van der Waals surface area contributed by atoms with Gasteiger partial charge in [-0.3, -0.25) is 10.1 Å². The van der Waals surface area contributed by atoms with Crippen LogP contribution in [-0.2, 0) is 9.47 Å². The zero-order valence-electron chi connectivity index (χ0n) is 10.5. The minimum absolute atomic E-state index is 0.0376. The molecule has 0 saturated heterocycles. The average molecular weight is 291 g/mol. The van der Waals surface area contributed by atoms with Crippen molar-refractivity contribution < 1.29 is 14.4 Å². The summed E-state index contributed by atoms with van der Waals surface area (Å²) >= 11 is 5.60. The van der Waals surface area contributed by atoms with Gasteiger partial charge in [0.25, 0.3) is 0 Å². The topological polar surface area (TPSA) is 99.4 Å². The number of nitrogens with zero attached hydrogens (tertiary/aromatic N) is 3. The molecule has 0 atom stereocenters. The van der Waals surface area contributed by atoms with Crippen LogP contribution in [0.4, 0.5) is 11.5 Å². The maximum atomic E-state index is 10.7. The number of halogens is 1. The highest BCUT2D eigenvalue weighted by Crippen LogP contribution is 2.21. The Labute approximate surface area is 115 Å². The Kier molecular flexibility index (Phi) is 7.01. The van der Waals surface area contributed by atoms with Gasteiger partial charge in [0, 0.05) is 20.3 Å². The van der Waals surface area contributed by atoms with Crippen molar-refractivity contribution in [3.63, 3.8) is 0 Å². The first kappa shape index (κ1) is 15.5. The van der Waals surface area contributed by atoms with E-state index in [1.807, 2.05) is 0 Å². The third-order valence-corrected chi connectivity index (χ3v) is 2.31. The fourth-order valence-corrected chi connectivity index (χ4v) is 1.38. The summed E-state index contributed by atoms with van der Waals surface area (Å²) in [4.78, 5) is 17.5. The van der Waals surface area contributed by atoms with E-state index in [2.05, 4.69) is 15.3 Å². The zero-order chi connectivity index (χ0) is 14.1. The quantitative estimate of drug-likeness (QED) is 0.318. The normalized spacial score (nSPS) is 10.4. The van der Waals surface area contributed by atoms with E-state index in [4.69, 9.17) is 21.1 Å². The van der Waals surface area contributed by atoms with Crippen molar-refractivity contribution in [1.82, 2.24) is 9.97 Å². The standard InChI is InChI=1S/C10H15ClN4O4/c1-18-5-6-19-4-2-3-12-9-8(15(16)17)7-13-10(11)14-9/h7H,2-6H2,1H3,(H,12,13,14). The molecule has 0 saturated carbocycles. The minimum Gasteiger partial charge on any atom is -0.382 e. The van der Waals surface area contributed by atoms with Gasteiger partial charge in [-0.15, -0.1) is 0 Å². The van der Waals surface area contributed by atoms with E-state index in [1.165, 1.54) is 0 Å². The van der Waals surface area contributed by atoms with Crippen LogP contribution in [0, 0.1) is 10.1 Å². The lowest BCUT2D eigenvalue weighted by atomic mass is 10.4. The van der Waals surface area contributed by atoms with Gasteiger partial charge in [0.15, 0.2) is 0 Å². The van der Waals surface area contributed by atoms with Crippen molar-refractivity contribution in [3.8, 4) is 0 Å². The van der Waals surface area contributed by atoms with Crippen LogP contribution in [0.5, 0.6) is 0 Å². The van der Waals surface area contributed by atoms with Gasteiger partial charge in [0.1, 0.15) is 6.20 Å². The number of hydrogen-bond acceptors (Lipinski definition) is 7. The number of ether oxygens (including phenoxy) is 2. The van der Waals surface area contributed by atoms with Crippen LogP contribution >= 0.6 is 11.6 Å². The molecular formula is C10H15ClN4O4. The number of aromatic nitrogens is 2. The Hall–Kier alpha value is -1.51. The molecule has 0 radical (unpaired) electrons. The van der Waals surface area contributed by atoms with Gasteiger partial charge in [-0.1, -0.05) is 0 Å². The van der Waals surface area contributed by atoms with E-state index in [9.17, 15) is 10.1 Å². The summed E-state index contributed by atoms with van der Waals surface area (Å²) in [6.07, 6.45) is 1.76. The Bertz CT molecular complexity index is 419. The predicted octanol–water partition coefficient (Wildman–Crippen LogP) is 1.50. The van der Waals surface area contributed by atoms with Gasteiger partial charge in [-0.05, 0) is 18.0 Å². The van der Waals surface area contributed by atoms with Crippen LogP contribution in [0.1, 0.15) is 6.42 Å². The molecular weight excluding hydrogens is 276 g/mol. The lowest BCUT2D eigenvalue weighted by Crippen LogP contribution is -2.10. The summed E-state index contributed by atoms with van der Waals surface area (Å²) < 4.78 is 10.1. The molecule has 1 aromatic rings. The first-order valence-electron chi connectivity index (χ1n) is 5.62. The highest BCUT2D eigenvalue weighted by molar-refractivity contribution is 6.28. The summed E-state index contributed by atoms with van der Waals surface area (Å²) in [5.74, 6) is 0.113. The van der Waals surface area contributed by atoms with Gasteiger partial charge in [-0.2, -0.15) is 4.98 Å². The molecule has 0 spiro atoms. The van der Waals surface area contributed by atoms with Gasteiger partial charge < -0.3 is 14.8 Å². The molecule has 1 N–H and O–H groups in total.